The minimum Gasteiger partial charge on any atom is -0.481 e. The second-order valence-electron chi connectivity index (χ2n) is 7.40. The number of halogens is 1. The van der Waals surface area contributed by atoms with Crippen LogP contribution in [0.3, 0.4) is 0 Å². The Morgan fingerprint density at radius 3 is 2.00 bits per heavy atom. The average molecular weight is 446 g/mol. The van der Waals surface area contributed by atoms with E-state index in [4.69, 9.17) is 0 Å². The van der Waals surface area contributed by atoms with Crippen LogP contribution < -0.4 is 5.32 Å². The number of hydrogen-bond donors (Lipinski definition) is 2. The quantitative estimate of drug-likeness (QED) is 0.598. The SMILES string of the molecule is Brc1ccccc1.CC(C)c1ccc(NC(=O)C2CCCCC2C(=O)O)cc1. The lowest BCUT2D eigenvalue weighted by molar-refractivity contribution is -0.147. The molecule has 0 aromatic heterocycles. The Balaban J connectivity index is 0.000000336. The van der Waals surface area contributed by atoms with Crippen molar-refractivity contribution in [2.75, 3.05) is 5.32 Å². The fraction of sp³-hybridized carbons (Fsp3) is 0.391. The number of nitrogens with one attached hydrogen (secondary N) is 1. The van der Waals surface area contributed by atoms with E-state index in [9.17, 15) is 14.7 Å². The van der Waals surface area contributed by atoms with Crippen LogP contribution in [0.5, 0.6) is 0 Å². The predicted molar refractivity (Wildman–Crippen MR) is 116 cm³/mol. The van der Waals surface area contributed by atoms with Crippen LogP contribution in [0, 0.1) is 11.8 Å². The maximum absolute atomic E-state index is 12.3. The summed E-state index contributed by atoms with van der Waals surface area (Å²) in [6.07, 6.45) is 3.07. The maximum Gasteiger partial charge on any atom is 0.307 e. The molecule has 1 amide bonds. The molecule has 5 heteroatoms. The first-order valence-electron chi connectivity index (χ1n) is 9.72. The highest BCUT2D eigenvalue weighted by molar-refractivity contribution is 9.10. The molecular weight excluding hydrogens is 418 g/mol. The van der Waals surface area contributed by atoms with Crippen LogP contribution in [0.1, 0.15) is 51.0 Å². The van der Waals surface area contributed by atoms with Gasteiger partial charge >= 0.3 is 5.97 Å². The number of carbonyl (C=O) groups is 2. The molecule has 1 fully saturated rings. The first-order valence-corrected chi connectivity index (χ1v) is 10.5. The Hall–Kier alpha value is -2.14. The minimum atomic E-state index is -0.856. The molecule has 1 aliphatic rings. The van der Waals surface area contributed by atoms with Crippen molar-refractivity contribution in [2.24, 2.45) is 11.8 Å². The second kappa shape index (κ2) is 11.0. The molecule has 0 spiro atoms. The zero-order chi connectivity index (χ0) is 20.5. The molecule has 3 rings (SSSR count). The Bertz CT molecular complexity index is 759. The summed E-state index contributed by atoms with van der Waals surface area (Å²) in [5.41, 5.74) is 1.95. The molecule has 2 unspecified atom stereocenters. The van der Waals surface area contributed by atoms with Gasteiger partial charge in [0.05, 0.1) is 11.8 Å². The van der Waals surface area contributed by atoms with Crippen LogP contribution in [0.2, 0.25) is 0 Å². The summed E-state index contributed by atoms with van der Waals surface area (Å²) in [5, 5.41) is 12.1. The van der Waals surface area contributed by atoms with E-state index in [1.165, 1.54) is 5.56 Å². The summed E-state index contributed by atoms with van der Waals surface area (Å²) in [5.74, 6) is -1.54. The molecule has 0 radical (unpaired) electrons. The monoisotopic (exact) mass is 445 g/mol. The van der Waals surface area contributed by atoms with Crippen molar-refractivity contribution < 1.29 is 14.7 Å². The van der Waals surface area contributed by atoms with Gasteiger partial charge in [0.25, 0.3) is 0 Å². The average Bonchev–Trinajstić information content (AvgIpc) is 2.69. The topological polar surface area (TPSA) is 66.4 Å². The fourth-order valence-electron chi connectivity index (χ4n) is 3.34. The molecule has 1 aliphatic carbocycles. The lowest BCUT2D eigenvalue weighted by Crippen LogP contribution is -2.36. The molecule has 0 aliphatic heterocycles. The highest BCUT2D eigenvalue weighted by atomic mass is 79.9. The summed E-state index contributed by atoms with van der Waals surface area (Å²) >= 11 is 3.31. The van der Waals surface area contributed by atoms with E-state index in [1.54, 1.807) is 0 Å². The van der Waals surface area contributed by atoms with E-state index >= 15 is 0 Å². The van der Waals surface area contributed by atoms with Gasteiger partial charge in [0.2, 0.25) is 5.91 Å². The minimum absolute atomic E-state index is 0.167. The number of carboxylic acids is 1. The summed E-state index contributed by atoms with van der Waals surface area (Å²) in [4.78, 5) is 23.6. The van der Waals surface area contributed by atoms with Crippen LogP contribution in [0.15, 0.2) is 59.1 Å². The fourth-order valence-corrected chi connectivity index (χ4v) is 3.65. The van der Waals surface area contributed by atoms with Gasteiger partial charge in [-0.1, -0.05) is 73.0 Å². The third-order valence-corrected chi connectivity index (χ3v) is 5.53. The van der Waals surface area contributed by atoms with Crippen LogP contribution in [0.4, 0.5) is 5.69 Å². The standard InChI is InChI=1S/C17H23NO3.C6H5Br/c1-11(2)12-7-9-13(10-8-12)18-16(19)14-5-3-4-6-15(14)17(20)21;7-6-4-2-1-3-5-6/h7-11,14-15H,3-6H2,1-2H3,(H,18,19)(H,20,21);1-5H. The largest absolute Gasteiger partial charge is 0.481 e. The summed E-state index contributed by atoms with van der Waals surface area (Å²) in [7, 11) is 0. The zero-order valence-electron chi connectivity index (χ0n) is 16.4. The molecule has 2 aromatic carbocycles. The third-order valence-electron chi connectivity index (χ3n) is 5.00. The number of amides is 1. The molecule has 2 N–H and O–H groups in total. The summed E-state index contributed by atoms with van der Waals surface area (Å²) < 4.78 is 1.13. The molecule has 4 nitrogen and oxygen atoms in total. The number of carboxylic acid groups (broad SMARTS) is 1. The molecule has 0 saturated heterocycles. The number of hydrogen-bond acceptors (Lipinski definition) is 2. The number of aliphatic carboxylic acids is 1. The van der Waals surface area contributed by atoms with E-state index in [2.05, 4.69) is 35.1 Å². The van der Waals surface area contributed by atoms with Crippen molar-refractivity contribution in [3.63, 3.8) is 0 Å². The second-order valence-corrected chi connectivity index (χ2v) is 8.31. The van der Waals surface area contributed by atoms with Crippen molar-refractivity contribution in [3.05, 3.63) is 64.6 Å². The highest BCUT2D eigenvalue weighted by Crippen LogP contribution is 2.31. The van der Waals surface area contributed by atoms with Crippen molar-refractivity contribution in [3.8, 4) is 0 Å². The highest BCUT2D eigenvalue weighted by Gasteiger charge is 2.35. The summed E-state index contributed by atoms with van der Waals surface area (Å²) in [6.45, 7) is 4.24. The van der Waals surface area contributed by atoms with Gasteiger partial charge < -0.3 is 10.4 Å². The Morgan fingerprint density at radius 2 is 1.54 bits per heavy atom. The first kappa shape index (κ1) is 22.2. The van der Waals surface area contributed by atoms with Gasteiger partial charge in [0, 0.05) is 10.2 Å². The normalized spacial score (nSPS) is 18.7. The Kier molecular flexibility index (Phi) is 8.71. The lowest BCUT2D eigenvalue weighted by Gasteiger charge is -2.27. The van der Waals surface area contributed by atoms with Gasteiger partial charge in [0.15, 0.2) is 0 Å². The number of benzene rings is 2. The van der Waals surface area contributed by atoms with Gasteiger partial charge in [-0.25, -0.2) is 0 Å². The predicted octanol–water partition coefficient (Wildman–Crippen LogP) is 6.09. The molecule has 150 valence electrons. The molecule has 2 aromatic rings. The molecule has 28 heavy (non-hydrogen) atoms. The zero-order valence-corrected chi connectivity index (χ0v) is 18.0. The van der Waals surface area contributed by atoms with E-state index in [0.717, 1.165) is 23.0 Å². The molecular formula is C23H28BrNO3. The molecule has 0 bridgehead atoms. The van der Waals surface area contributed by atoms with E-state index < -0.39 is 17.8 Å². The van der Waals surface area contributed by atoms with Gasteiger partial charge in [-0.05, 0) is 48.6 Å². The Labute approximate surface area is 175 Å². The van der Waals surface area contributed by atoms with Gasteiger partial charge in [0.1, 0.15) is 0 Å². The van der Waals surface area contributed by atoms with Gasteiger partial charge in [-0.3, -0.25) is 9.59 Å². The number of anilines is 1. The number of carbonyl (C=O) groups excluding carboxylic acids is 1. The van der Waals surface area contributed by atoms with Crippen molar-refractivity contribution in [2.45, 2.75) is 45.4 Å². The van der Waals surface area contributed by atoms with Crippen LogP contribution in [0.25, 0.3) is 0 Å². The van der Waals surface area contributed by atoms with Crippen molar-refractivity contribution in [1.29, 1.82) is 0 Å². The lowest BCUT2D eigenvalue weighted by atomic mass is 9.78. The first-order chi connectivity index (χ1) is 13.4. The Morgan fingerprint density at radius 1 is 0.964 bits per heavy atom. The molecule has 2 atom stereocenters. The third kappa shape index (κ3) is 6.79. The molecule has 1 saturated carbocycles. The van der Waals surface area contributed by atoms with Crippen LogP contribution >= 0.6 is 15.9 Å². The smallest absolute Gasteiger partial charge is 0.307 e. The van der Waals surface area contributed by atoms with Crippen LogP contribution in [-0.4, -0.2) is 17.0 Å². The number of rotatable bonds is 4. The van der Waals surface area contributed by atoms with Crippen LogP contribution in [-0.2, 0) is 9.59 Å². The van der Waals surface area contributed by atoms with Gasteiger partial charge in [-0.2, -0.15) is 0 Å². The van der Waals surface area contributed by atoms with Crippen molar-refractivity contribution in [1.82, 2.24) is 0 Å². The van der Waals surface area contributed by atoms with Gasteiger partial charge in [-0.15, -0.1) is 0 Å². The van der Waals surface area contributed by atoms with Crippen molar-refractivity contribution >= 4 is 33.5 Å². The molecule has 0 heterocycles. The summed E-state index contributed by atoms with van der Waals surface area (Å²) in [6, 6.07) is 17.7. The van der Waals surface area contributed by atoms with E-state index in [-0.39, 0.29) is 5.91 Å². The van der Waals surface area contributed by atoms with E-state index in [1.807, 2.05) is 54.6 Å². The van der Waals surface area contributed by atoms with E-state index in [0.29, 0.717) is 18.8 Å². The maximum atomic E-state index is 12.3.